The summed E-state index contributed by atoms with van der Waals surface area (Å²) < 4.78 is 16.5. The highest BCUT2D eigenvalue weighted by Crippen LogP contribution is 2.51. The van der Waals surface area contributed by atoms with Gasteiger partial charge in [0.25, 0.3) is 0 Å². The molecule has 7 nitrogen and oxygen atoms in total. The number of rotatable bonds is 3. The van der Waals surface area contributed by atoms with Crippen molar-refractivity contribution >= 4 is 23.6 Å². The van der Waals surface area contributed by atoms with Crippen LogP contribution in [0.15, 0.2) is 39.4 Å². The summed E-state index contributed by atoms with van der Waals surface area (Å²) >= 11 is 0. The van der Waals surface area contributed by atoms with E-state index in [0.717, 1.165) is 37.7 Å². The van der Waals surface area contributed by atoms with Gasteiger partial charge in [0.1, 0.15) is 11.1 Å². The van der Waals surface area contributed by atoms with Crippen LogP contribution >= 0.6 is 0 Å². The number of aliphatic imine (C=N–C) groups is 1. The van der Waals surface area contributed by atoms with Gasteiger partial charge in [0.2, 0.25) is 17.3 Å². The van der Waals surface area contributed by atoms with Crippen LogP contribution in [0.5, 0.6) is 0 Å². The molecule has 0 saturated heterocycles. The predicted molar refractivity (Wildman–Crippen MR) is 129 cm³/mol. The van der Waals surface area contributed by atoms with Crippen molar-refractivity contribution in [3.63, 3.8) is 0 Å². The molecule has 1 spiro atoms. The number of hydrogen-bond acceptors (Lipinski definition) is 7. The van der Waals surface area contributed by atoms with E-state index in [-0.39, 0.29) is 28.5 Å². The van der Waals surface area contributed by atoms with Crippen LogP contribution in [0.25, 0.3) is 0 Å². The number of hydrogen-bond donors (Lipinski definition) is 0. The summed E-state index contributed by atoms with van der Waals surface area (Å²) in [5.41, 5.74) is -1.63. The summed E-state index contributed by atoms with van der Waals surface area (Å²) in [4.78, 5) is 45.0. The number of carbonyl (C=O) groups is 3. The lowest BCUT2D eigenvalue weighted by Crippen LogP contribution is -2.50. The van der Waals surface area contributed by atoms with Gasteiger partial charge < -0.3 is 14.2 Å². The van der Waals surface area contributed by atoms with Crippen LogP contribution in [0.1, 0.15) is 73.6 Å². The maximum atomic E-state index is 14.0. The maximum absolute atomic E-state index is 14.0. The molecular weight excluding hydrogens is 434 g/mol. The summed E-state index contributed by atoms with van der Waals surface area (Å²) in [7, 11) is 2.45. The number of methoxy groups -OCH3 is 2. The number of esters is 2. The fourth-order valence-corrected chi connectivity index (χ4v) is 4.85. The van der Waals surface area contributed by atoms with E-state index in [1.807, 2.05) is 47.6 Å². The van der Waals surface area contributed by atoms with E-state index < -0.39 is 28.7 Å². The lowest BCUT2D eigenvalue weighted by atomic mass is 9.65. The molecule has 0 N–H and O–H groups in total. The van der Waals surface area contributed by atoms with Crippen LogP contribution in [0.2, 0.25) is 0 Å². The van der Waals surface area contributed by atoms with E-state index >= 15 is 0 Å². The van der Waals surface area contributed by atoms with E-state index in [9.17, 15) is 14.4 Å². The highest BCUT2D eigenvalue weighted by Gasteiger charge is 2.62. The third-order valence-electron chi connectivity index (χ3n) is 6.71. The molecule has 34 heavy (non-hydrogen) atoms. The molecule has 1 aliphatic heterocycles. The average molecular weight is 472 g/mol. The molecule has 3 aliphatic rings. The third kappa shape index (κ3) is 4.49. The van der Waals surface area contributed by atoms with Gasteiger partial charge in [0.15, 0.2) is 0 Å². The van der Waals surface area contributed by atoms with Crippen LogP contribution in [0.4, 0.5) is 0 Å². The van der Waals surface area contributed by atoms with Crippen LogP contribution in [-0.4, -0.2) is 49.5 Å². The number of carbonyl (C=O) groups excluding carboxylic acids is 3. The van der Waals surface area contributed by atoms with E-state index in [1.165, 1.54) is 20.3 Å². The fourth-order valence-electron chi connectivity index (χ4n) is 4.85. The summed E-state index contributed by atoms with van der Waals surface area (Å²) in [6.07, 6.45) is 8.32. The van der Waals surface area contributed by atoms with Gasteiger partial charge in [0, 0.05) is 0 Å². The zero-order valence-electron chi connectivity index (χ0n) is 21.7. The van der Waals surface area contributed by atoms with Crippen molar-refractivity contribution in [2.75, 3.05) is 14.2 Å². The molecule has 0 bridgehead atoms. The first kappa shape index (κ1) is 25.9. The number of ketones is 1. The standard InChI is InChI=1S/C27H37NO6/c1-25(2,3)16-14-18(26(4,5)6)27(19(29)15-16)21(24(31)33-8)20(23(30)32-7)22(34-27)28-17-12-10-9-11-13-17/h14-15,17H,9-13H2,1-8H3. The average Bonchev–Trinajstić information content (AvgIpc) is 3.08. The predicted octanol–water partition coefficient (Wildman–Crippen LogP) is 4.66. The van der Waals surface area contributed by atoms with Gasteiger partial charge in [-0.15, -0.1) is 0 Å². The van der Waals surface area contributed by atoms with E-state index in [0.29, 0.717) is 5.57 Å². The molecule has 0 aromatic heterocycles. The first-order chi connectivity index (χ1) is 15.8. The summed E-state index contributed by atoms with van der Waals surface area (Å²) in [6, 6.07) is -0.0566. The second-order valence-corrected chi connectivity index (χ2v) is 11.3. The smallest absolute Gasteiger partial charge is 0.344 e. The summed E-state index contributed by atoms with van der Waals surface area (Å²) in [5.74, 6) is -2.04. The Hall–Kier alpha value is -2.70. The van der Waals surface area contributed by atoms with Gasteiger partial charge in [0.05, 0.1) is 20.3 Å². The fraction of sp³-hybridized carbons (Fsp3) is 0.630. The van der Waals surface area contributed by atoms with Crippen molar-refractivity contribution in [3.05, 3.63) is 34.4 Å². The minimum Gasteiger partial charge on any atom is -0.466 e. The van der Waals surface area contributed by atoms with Gasteiger partial charge in [-0.1, -0.05) is 66.9 Å². The molecule has 7 heteroatoms. The number of nitrogens with zero attached hydrogens (tertiary/aromatic N) is 1. The van der Waals surface area contributed by atoms with E-state index in [4.69, 9.17) is 19.2 Å². The number of ether oxygens (including phenoxy) is 3. The van der Waals surface area contributed by atoms with Crippen molar-refractivity contribution in [2.45, 2.75) is 85.3 Å². The molecule has 186 valence electrons. The Balaban J connectivity index is 2.35. The molecule has 1 saturated carbocycles. The van der Waals surface area contributed by atoms with Crippen LogP contribution in [0, 0.1) is 10.8 Å². The number of allylic oxidation sites excluding steroid dienone is 2. The SMILES string of the molecule is COC(=O)C1=C(C(=O)OC)C2(OC1=NC1CCCCC1)C(=O)C=C(C(C)(C)C)C=C2C(C)(C)C. The normalized spacial score (nSPS) is 25.3. The van der Waals surface area contributed by atoms with Crippen LogP contribution < -0.4 is 0 Å². The quantitative estimate of drug-likeness (QED) is 0.556. The van der Waals surface area contributed by atoms with E-state index in [1.54, 1.807) is 0 Å². The van der Waals surface area contributed by atoms with E-state index in [2.05, 4.69) is 0 Å². The Labute approximate surface area is 202 Å². The second-order valence-electron chi connectivity index (χ2n) is 11.3. The lowest BCUT2D eigenvalue weighted by Gasteiger charge is -2.41. The zero-order chi connectivity index (χ0) is 25.5. The van der Waals surface area contributed by atoms with Crippen molar-refractivity contribution in [3.8, 4) is 0 Å². The Bertz CT molecular complexity index is 1010. The highest BCUT2D eigenvalue weighted by atomic mass is 16.6. The molecule has 0 amide bonds. The van der Waals surface area contributed by atoms with Gasteiger partial charge in [-0.05, 0) is 40.9 Å². The summed E-state index contributed by atoms with van der Waals surface area (Å²) in [6.45, 7) is 11.9. The molecular formula is C27H37NO6. The summed E-state index contributed by atoms with van der Waals surface area (Å²) in [5, 5.41) is 0. The lowest BCUT2D eigenvalue weighted by molar-refractivity contribution is -0.141. The molecule has 1 unspecified atom stereocenters. The van der Waals surface area contributed by atoms with Crippen molar-refractivity contribution in [1.29, 1.82) is 0 Å². The van der Waals surface area contributed by atoms with Gasteiger partial charge >= 0.3 is 11.9 Å². The minimum atomic E-state index is -1.84. The molecule has 2 aliphatic carbocycles. The van der Waals surface area contributed by atoms with Crippen molar-refractivity contribution < 1.29 is 28.6 Å². The van der Waals surface area contributed by atoms with Gasteiger partial charge in [-0.2, -0.15) is 0 Å². The third-order valence-corrected chi connectivity index (χ3v) is 6.71. The minimum absolute atomic E-state index is 0.0183. The molecule has 1 heterocycles. The maximum Gasteiger partial charge on any atom is 0.344 e. The molecule has 1 atom stereocenters. The van der Waals surface area contributed by atoms with Crippen LogP contribution in [-0.2, 0) is 28.6 Å². The van der Waals surface area contributed by atoms with Gasteiger partial charge in [-0.3, -0.25) is 4.79 Å². The molecule has 0 radical (unpaired) electrons. The molecule has 1 fully saturated rings. The Kier molecular flexibility index (Phi) is 6.98. The van der Waals surface area contributed by atoms with Crippen molar-refractivity contribution in [2.24, 2.45) is 15.8 Å². The topological polar surface area (TPSA) is 91.3 Å². The molecule has 0 aromatic carbocycles. The molecule has 0 aromatic rings. The first-order valence-electron chi connectivity index (χ1n) is 11.9. The highest BCUT2D eigenvalue weighted by molar-refractivity contribution is 6.28. The first-order valence-corrected chi connectivity index (χ1v) is 11.9. The Morgan fingerprint density at radius 2 is 1.53 bits per heavy atom. The second kappa shape index (κ2) is 9.16. The van der Waals surface area contributed by atoms with Gasteiger partial charge in [-0.25, -0.2) is 14.6 Å². The van der Waals surface area contributed by atoms with Crippen molar-refractivity contribution in [1.82, 2.24) is 0 Å². The Morgan fingerprint density at radius 3 is 2.03 bits per heavy atom. The molecule has 3 rings (SSSR count). The largest absolute Gasteiger partial charge is 0.466 e. The Morgan fingerprint density at radius 1 is 0.941 bits per heavy atom. The zero-order valence-corrected chi connectivity index (χ0v) is 21.7. The van der Waals surface area contributed by atoms with Crippen LogP contribution in [0.3, 0.4) is 0 Å². The monoisotopic (exact) mass is 471 g/mol.